The minimum absolute atomic E-state index is 0.0326. The highest BCUT2D eigenvalue weighted by Crippen LogP contribution is 2.30. The average Bonchev–Trinajstić information content (AvgIpc) is 2.97. The number of hydrogen-bond acceptors (Lipinski definition) is 6. The molecule has 2 aromatic rings. The molecular formula is C16H16Cl2N2O4S. The molecule has 134 valence electrons. The number of halogens is 2. The van der Waals surface area contributed by atoms with Crippen molar-refractivity contribution in [2.24, 2.45) is 0 Å². The van der Waals surface area contributed by atoms with Crippen LogP contribution in [0.5, 0.6) is 5.75 Å². The Labute approximate surface area is 159 Å². The largest absolute Gasteiger partial charge is 0.497 e. The van der Waals surface area contributed by atoms with Crippen LogP contribution in [0.4, 0.5) is 0 Å². The number of carbonyl (C=O) groups excluding carboxylic acids is 2. The Morgan fingerprint density at radius 2 is 1.96 bits per heavy atom. The number of carbonyl (C=O) groups is 2. The zero-order valence-electron chi connectivity index (χ0n) is 13.5. The third-order valence-electron chi connectivity index (χ3n) is 3.33. The van der Waals surface area contributed by atoms with E-state index in [1.165, 1.54) is 0 Å². The lowest BCUT2D eigenvalue weighted by atomic mass is 10.2. The normalized spacial score (nSPS) is 11.7. The van der Waals surface area contributed by atoms with Crippen LogP contribution >= 0.6 is 34.7 Å². The molecule has 0 aliphatic rings. The van der Waals surface area contributed by atoms with Crippen LogP contribution in [-0.4, -0.2) is 29.5 Å². The van der Waals surface area contributed by atoms with Crippen LogP contribution in [0.2, 0.25) is 9.36 Å². The van der Waals surface area contributed by atoms with E-state index in [0.29, 0.717) is 13.0 Å². The third-order valence-corrected chi connectivity index (χ3v) is 4.94. The quantitative estimate of drug-likeness (QED) is 0.714. The SMILES string of the molecule is CC[C@@H](OC(=O)c1nsc(Cl)c1Cl)C(=O)NCc1ccc(OC)cc1. The maximum absolute atomic E-state index is 12.2. The second kappa shape index (κ2) is 9.03. The molecule has 25 heavy (non-hydrogen) atoms. The summed E-state index contributed by atoms with van der Waals surface area (Å²) < 4.78 is 14.3. The molecule has 1 aromatic heterocycles. The van der Waals surface area contributed by atoms with Gasteiger partial charge in [-0.25, -0.2) is 4.79 Å². The molecule has 6 nitrogen and oxygen atoms in total. The predicted molar refractivity (Wildman–Crippen MR) is 96.5 cm³/mol. The number of amides is 1. The molecule has 0 saturated heterocycles. The highest BCUT2D eigenvalue weighted by molar-refractivity contribution is 7.11. The second-order valence-corrected chi connectivity index (χ2v) is 6.74. The van der Waals surface area contributed by atoms with Crippen molar-refractivity contribution in [3.05, 3.63) is 44.9 Å². The van der Waals surface area contributed by atoms with Crippen molar-refractivity contribution in [3.8, 4) is 5.75 Å². The van der Waals surface area contributed by atoms with Gasteiger partial charge in [0.05, 0.1) is 7.11 Å². The maximum atomic E-state index is 12.2. The molecule has 0 unspecified atom stereocenters. The fourth-order valence-electron chi connectivity index (χ4n) is 1.94. The molecule has 2 rings (SSSR count). The summed E-state index contributed by atoms with van der Waals surface area (Å²) in [5.41, 5.74) is 0.808. The van der Waals surface area contributed by atoms with Gasteiger partial charge in [0.1, 0.15) is 15.1 Å². The Hall–Kier alpha value is -1.83. The molecular weight excluding hydrogens is 387 g/mol. The van der Waals surface area contributed by atoms with Crippen LogP contribution in [0.1, 0.15) is 29.4 Å². The molecule has 0 bridgehead atoms. The number of nitrogens with zero attached hydrogens (tertiary/aromatic N) is 1. The van der Waals surface area contributed by atoms with Crippen LogP contribution in [-0.2, 0) is 16.1 Å². The van der Waals surface area contributed by atoms with Gasteiger partial charge in [-0.3, -0.25) is 4.79 Å². The first kappa shape index (κ1) is 19.5. The molecule has 1 atom stereocenters. The average molecular weight is 403 g/mol. The first-order chi connectivity index (χ1) is 12.0. The van der Waals surface area contributed by atoms with Crippen LogP contribution < -0.4 is 10.1 Å². The lowest BCUT2D eigenvalue weighted by Gasteiger charge is -2.15. The summed E-state index contributed by atoms with van der Waals surface area (Å²) in [6.07, 6.45) is -0.627. The lowest BCUT2D eigenvalue weighted by molar-refractivity contribution is -0.130. The Morgan fingerprint density at radius 3 is 2.48 bits per heavy atom. The summed E-state index contributed by atoms with van der Waals surface area (Å²) in [7, 11) is 1.58. The number of rotatable bonds is 7. The van der Waals surface area contributed by atoms with Crippen molar-refractivity contribution in [2.45, 2.75) is 26.0 Å². The minimum atomic E-state index is -0.942. The Balaban J connectivity index is 1.93. The first-order valence-corrected chi connectivity index (χ1v) is 8.91. The van der Waals surface area contributed by atoms with Gasteiger partial charge in [-0.15, -0.1) is 0 Å². The molecule has 1 N–H and O–H groups in total. The van der Waals surface area contributed by atoms with Gasteiger partial charge in [-0.05, 0) is 35.6 Å². The summed E-state index contributed by atoms with van der Waals surface area (Å²) in [5, 5.41) is 2.76. The maximum Gasteiger partial charge on any atom is 0.360 e. The van der Waals surface area contributed by atoms with Crippen LogP contribution in [0.3, 0.4) is 0 Å². The van der Waals surface area contributed by atoms with Gasteiger partial charge < -0.3 is 14.8 Å². The molecule has 0 aliphatic carbocycles. The number of aromatic nitrogens is 1. The first-order valence-electron chi connectivity index (χ1n) is 7.38. The van der Waals surface area contributed by atoms with Crippen molar-refractivity contribution in [2.75, 3.05) is 7.11 Å². The molecule has 9 heteroatoms. The smallest absolute Gasteiger partial charge is 0.360 e. The number of hydrogen-bond donors (Lipinski definition) is 1. The van der Waals surface area contributed by atoms with E-state index in [4.69, 9.17) is 32.7 Å². The predicted octanol–water partition coefficient (Wildman–Crippen LogP) is 3.71. The molecule has 0 spiro atoms. The van der Waals surface area contributed by atoms with E-state index >= 15 is 0 Å². The second-order valence-electron chi connectivity index (χ2n) is 4.99. The summed E-state index contributed by atoms with van der Waals surface area (Å²) in [5.74, 6) is -0.446. The molecule has 1 aromatic carbocycles. The standard InChI is InChI=1S/C16H16Cl2N2O4S/c1-3-11(24-16(22)13-12(17)14(18)25-20-13)15(21)19-8-9-4-6-10(23-2)7-5-9/h4-7,11H,3,8H2,1-2H3,(H,19,21)/t11-/m1/s1. The fraction of sp³-hybridized carbons (Fsp3) is 0.312. The molecule has 0 aliphatic heterocycles. The van der Waals surface area contributed by atoms with Gasteiger partial charge in [0.15, 0.2) is 11.8 Å². The van der Waals surface area contributed by atoms with Crippen molar-refractivity contribution in [3.63, 3.8) is 0 Å². The van der Waals surface area contributed by atoms with E-state index < -0.39 is 18.0 Å². The van der Waals surface area contributed by atoms with Crippen LogP contribution in [0.25, 0.3) is 0 Å². The third kappa shape index (κ3) is 5.07. The van der Waals surface area contributed by atoms with Crippen LogP contribution in [0, 0.1) is 0 Å². The van der Waals surface area contributed by atoms with E-state index in [0.717, 1.165) is 22.8 Å². The topological polar surface area (TPSA) is 77.5 Å². The lowest BCUT2D eigenvalue weighted by Crippen LogP contribution is -2.37. The van der Waals surface area contributed by atoms with Gasteiger partial charge in [0, 0.05) is 6.54 Å². The number of benzene rings is 1. The highest BCUT2D eigenvalue weighted by Gasteiger charge is 2.25. The summed E-state index contributed by atoms with van der Waals surface area (Å²) in [6, 6.07) is 7.27. The molecule has 1 heterocycles. The Bertz CT molecular complexity index is 749. The molecule has 0 fully saturated rings. The number of ether oxygens (including phenoxy) is 2. The monoisotopic (exact) mass is 402 g/mol. The zero-order valence-corrected chi connectivity index (χ0v) is 15.9. The van der Waals surface area contributed by atoms with E-state index in [1.54, 1.807) is 26.2 Å². The van der Waals surface area contributed by atoms with Crippen molar-refractivity contribution in [1.82, 2.24) is 9.69 Å². The van der Waals surface area contributed by atoms with Gasteiger partial charge >= 0.3 is 5.97 Å². The van der Waals surface area contributed by atoms with Gasteiger partial charge in [-0.1, -0.05) is 42.3 Å². The van der Waals surface area contributed by atoms with E-state index in [1.807, 2.05) is 12.1 Å². The van der Waals surface area contributed by atoms with Crippen molar-refractivity contribution in [1.29, 1.82) is 0 Å². The molecule has 1 amide bonds. The van der Waals surface area contributed by atoms with E-state index in [9.17, 15) is 9.59 Å². The summed E-state index contributed by atoms with van der Waals surface area (Å²) >= 11 is 12.5. The van der Waals surface area contributed by atoms with Crippen molar-refractivity contribution >= 4 is 46.6 Å². The Morgan fingerprint density at radius 1 is 1.28 bits per heavy atom. The highest BCUT2D eigenvalue weighted by atomic mass is 35.5. The van der Waals surface area contributed by atoms with Gasteiger partial charge in [0.2, 0.25) is 0 Å². The van der Waals surface area contributed by atoms with E-state index in [2.05, 4.69) is 9.69 Å². The molecule has 0 radical (unpaired) electrons. The van der Waals surface area contributed by atoms with Crippen molar-refractivity contribution < 1.29 is 19.1 Å². The number of esters is 1. The van der Waals surface area contributed by atoms with Crippen LogP contribution in [0.15, 0.2) is 24.3 Å². The fourth-order valence-corrected chi connectivity index (χ4v) is 2.92. The van der Waals surface area contributed by atoms with Gasteiger partial charge in [0.25, 0.3) is 5.91 Å². The number of nitrogens with one attached hydrogen (secondary N) is 1. The Kier molecular flexibility index (Phi) is 7.04. The van der Waals surface area contributed by atoms with Gasteiger partial charge in [-0.2, -0.15) is 4.37 Å². The summed E-state index contributed by atoms with van der Waals surface area (Å²) in [4.78, 5) is 24.3. The molecule has 0 saturated carbocycles. The summed E-state index contributed by atoms with van der Waals surface area (Å²) in [6.45, 7) is 2.04. The zero-order chi connectivity index (χ0) is 18.4. The number of methoxy groups -OCH3 is 1. The minimum Gasteiger partial charge on any atom is -0.497 e. The van der Waals surface area contributed by atoms with E-state index in [-0.39, 0.29) is 15.1 Å².